The van der Waals surface area contributed by atoms with E-state index in [-0.39, 0.29) is 0 Å². The molecule has 86 valence electrons. The van der Waals surface area contributed by atoms with Crippen LogP contribution in [0.4, 0.5) is 0 Å². The predicted molar refractivity (Wildman–Crippen MR) is 58.5 cm³/mol. The number of carbonyl (C=O) groups excluding carboxylic acids is 1. The van der Waals surface area contributed by atoms with Gasteiger partial charge in [-0.2, -0.15) is 0 Å². The van der Waals surface area contributed by atoms with Crippen molar-refractivity contribution >= 4 is 12.0 Å². The summed E-state index contributed by atoms with van der Waals surface area (Å²) in [5, 5.41) is 8.27. The highest BCUT2D eigenvalue weighted by atomic mass is 16.5. The van der Waals surface area contributed by atoms with Gasteiger partial charge < -0.3 is 4.74 Å². The molecule has 0 aliphatic heterocycles. The molecule has 0 saturated carbocycles. The topological polar surface area (TPSA) is 71.5 Å². The number of nitrogens with zero attached hydrogens (tertiary/aromatic N) is 1. The zero-order valence-corrected chi connectivity index (χ0v) is 9.01. The highest BCUT2D eigenvalue weighted by Crippen LogP contribution is 2.03. The maximum Gasteiger partial charge on any atom is 0.267 e. The number of hydroxylamine groups is 1. The number of ether oxygens (including phenoxy) is 1. The van der Waals surface area contributed by atoms with Gasteiger partial charge in [-0.05, 0) is 24.6 Å². The van der Waals surface area contributed by atoms with Crippen LogP contribution in [0.25, 0.3) is 6.08 Å². The van der Waals surface area contributed by atoms with E-state index >= 15 is 0 Å². The van der Waals surface area contributed by atoms with Crippen molar-refractivity contribution in [3.63, 3.8) is 0 Å². The van der Waals surface area contributed by atoms with Crippen molar-refractivity contribution in [2.24, 2.45) is 0 Å². The molecule has 0 fully saturated rings. The monoisotopic (exact) mass is 222 g/mol. The molecule has 0 aromatic carbocycles. The lowest BCUT2D eigenvalue weighted by Gasteiger charge is -2.00. The molecule has 5 heteroatoms. The molecule has 1 rings (SSSR count). The van der Waals surface area contributed by atoms with Crippen LogP contribution >= 0.6 is 0 Å². The van der Waals surface area contributed by atoms with Crippen LogP contribution in [0, 0.1) is 0 Å². The summed E-state index contributed by atoms with van der Waals surface area (Å²) in [6, 6.07) is 3.65. The Labute approximate surface area is 93.7 Å². The van der Waals surface area contributed by atoms with Gasteiger partial charge >= 0.3 is 0 Å². The van der Waals surface area contributed by atoms with Gasteiger partial charge in [-0.25, -0.2) is 5.48 Å². The molecule has 2 N–H and O–H groups in total. The minimum absolute atomic E-state index is 0.484. The lowest BCUT2D eigenvalue weighted by Crippen LogP contribution is -2.14. The number of rotatable bonds is 5. The van der Waals surface area contributed by atoms with Crippen molar-refractivity contribution in [2.45, 2.75) is 13.5 Å². The summed E-state index contributed by atoms with van der Waals surface area (Å²) in [4.78, 5) is 14.9. The predicted octanol–water partition coefficient (Wildman–Crippen LogP) is 1.14. The van der Waals surface area contributed by atoms with Crippen LogP contribution in [0.5, 0.6) is 0 Å². The maximum atomic E-state index is 10.7. The van der Waals surface area contributed by atoms with Crippen molar-refractivity contribution in [1.82, 2.24) is 10.5 Å². The molecule has 1 aromatic heterocycles. The van der Waals surface area contributed by atoms with Crippen LogP contribution in [-0.2, 0) is 16.1 Å². The molecule has 0 aliphatic rings. The van der Waals surface area contributed by atoms with E-state index in [1.165, 1.54) is 11.6 Å². The van der Waals surface area contributed by atoms with Gasteiger partial charge in [0, 0.05) is 18.9 Å². The van der Waals surface area contributed by atoms with Crippen molar-refractivity contribution in [1.29, 1.82) is 0 Å². The molecule has 16 heavy (non-hydrogen) atoms. The first-order valence-corrected chi connectivity index (χ1v) is 4.91. The molecule has 1 heterocycles. The Morgan fingerprint density at radius 3 is 3.00 bits per heavy atom. The average molecular weight is 222 g/mol. The number of amides is 1. The Bertz CT molecular complexity index is 360. The van der Waals surface area contributed by atoms with Crippen molar-refractivity contribution in [2.75, 3.05) is 6.61 Å². The van der Waals surface area contributed by atoms with Crippen molar-refractivity contribution in [3.8, 4) is 0 Å². The average Bonchev–Trinajstić information content (AvgIpc) is 2.34. The highest BCUT2D eigenvalue weighted by Gasteiger charge is 1.95. The molecule has 0 saturated heterocycles. The van der Waals surface area contributed by atoms with Gasteiger partial charge in [0.25, 0.3) is 5.91 Å². The van der Waals surface area contributed by atoms with Gasteiger partial charge in [0.1, 0.15) is 0 Å². The van der Waals surface area contributed by atoms with Crippen LogP contribution in [0.15, 0.2) is 24.4 Å². The summed E-state index contributed by atoms with van der Waals surface area (Å²) in [5.74, 6) is -0.571. The first-order chi connectivity index (χ1) is 7.76. The summed E-state index contributed by atoms with van der Waals surface area (Å²) < 4.78 is 5.20. The van der Waals surface area contributed by atoms with Gasteiger partial charge in [0.15, 0.2) is 0 Å². The molecule has 0 radical (unpaired) electrons. The fraction of sp³-hybridized carbons (Fsp3) is 0.273. The normalized spacial score (nSPS) is 10.6. The van der Waals surface area contributed by atoms with Gasteiger partial charge in [-0.15, -0.1) is 0 Å². The van der Waals surface area contributed by atoms with Crippen LogP contribution < -0.4 is 5.48 Å². The summed E-state index contributed by atoms with van der Waals surface area (Å²) in [7, 11) is 0. The quantitative estimate of drug-likeness (QED) is 0.445. The van der Waals surface area contributed by atoms with Crippen LogP contribution in [-0.4, -0.2) is 22.7 Å². The van der Waals surface area contributed by atoms with E-state index in [1.807, 2.05) is 19.1 Å². The molecular weight excluding hydrogens is 208 g/mol. The molecular formula is C11H14N2O3. The SMILES string of the molecule is CCOCc1ccc(/C=C/C(=O)NO)cn1. The zero-order valence-electron chi connectivity index (χ0n) is 9.01. The van der Waals surface area contributed by atoms with E-state index in [1.54, 1.807) is 12.3 Å². The molecule has 5 nitrogen and oxygen atoms in total. The van der Waals surface area contributed by atoms with Crippen LogP contribution in [0.2, 0.25) is 0 Å². The van der Waals surface area contributed by atoms with E-state index in [0.29, 0.717) is 13.2 Å². The van der Waals surface area contributed by atoms with Crippen LogP contribution in [0.3, 0.4) is 0 Å². The first-order valence-electron chi connectivity index (χ1n) is 4.91. The molecule has 0 unspecified atom stereocenters. The Hall–Kier alpha value is -1.72. The third kappa shape index (κ3) is 4.20. The lowest BCUT2D eigenvalue weighted by molar-refractivity contribution is -0.124. The molecule has 1 aromatic rings. The van der Waals surface area contributed by atoms with Gasteiger partial charge in [-0.1, -0.05) is 6.07 Å². The standard InChI is InChI=1S/C11H14N2O3/c1-2-16-8-10-5-3-9(7-12-10)4-6-11(14)13-15/h3-7,15H,2,8H2,1H3,(H,13,14)/b6-4+. The molecule has 0 aliphatic carbocycles. The van der Waals surface area contributed by atoms with Gasteiger partial charge in [0.2, 0.25) is 0 Å². The second kappa shape index (κ2) is 6.71. The molecule has 0 spiro atoms. The van der Waals surface area contributed by atoms with E-state index in [0.717, 1.165) is 11.3 Å². The summed E-state index contributed by atoms with van der Waals surface area (Å²) in [5.41, 5.74) is 3.13. The van der Waals surface area contributed by atoms with E-state index in [2.05, 4.69) is 4.98 Å². The fourth-order valence-corrected chi connectivity index (χ4v) is 1.04. The van der Waals surface area contributed by atoms with E-state index in [9.17, 15) is 4.79 Å². The zero-order chi connectivity index (χ0) is 11.8. The van der Waals surface area contributed by atoms with Gasteiger partial charge in [-0.3, -0.25) is 15.0 Å². The van der Waals surface area contributed by atoms with Crippen LogP contribution in [0.1, 0.15) is 18.2 Å². The third-order valence-corrected chi connectivity index (χ3v) is 1.84. The Kier molecular flexibility index (Phi) is 5.18. The summed E-state index contributed by atoms with van der Waals surface area (Å²) >= 11 is 0. The largest absolute Gasteiger partial charge is 0.375 e. The summed E-state index contributed by atoms with van der Waals surface area (Å²) in [6.07, 6.45) is 4.41. The first kappa shape index (κ1) is 12.4. The number of nitrogens with one attached hydrogen (secondary N) is 1. The maximum absolute atomic E-state index is 10.7. The lowest BCUT2D eigenvalue weighted by atomic mass is 10.2. The van der Waals surface area contributed by atoms with Crippen molar-refractivity contribution in [3.05, 3.63) is 35.7 Å². The smallest absolute Gasteiger partial charge is 0.267 e. The number of pyridine rings is 1. The summed E-state index contributed by atoms with van der Waals surface area (Å²) in [6.45, 7) is 3.06. The van der Waals surface area contributed by atoms with E-state index < -0.39 is 5.91 Å². The second-order valence-corrected chi connectivity index (χ2v) is 3.03. The third-order valence-electron chi connectivity index (χ3n) is 1.84. The Morgan fingerprint density at radius 2 is 2.44 bits per heavy atom. The molecule has 0 bridgehead atoms. The number of hydrogen-bond donors (Lipinski definition) is 2. The number of aromatic nitrogens is 1. The fourth-order valence-electron chi connectivity index (χ4n) is 1.04. The second-order valence-electron chi connectivity index (χ2n) is 3.03. The number of hydrogen-bond acceptors (Lipinski definition) is 4. The molecule has 0 atom stereocenters. The molecule has 1 amide bonds. The van der Waals surface area contributed by atoms with Crippen molar-refractivity contribution < 1.29 is 14.7 Å². The minimum Gasteiger partial charge on any atom is -0.375 e. The minimum atomic E-state index is -0.571. The number of carbonyl (C=O) groups is 1. The Balaban J connectivity index is 2.57. The van der Waals surface area contributed by atoms with E-state index in [4.69, 9.17) is 9.94 Å². The Morgan fingerprint density at radius 1 is 1.62 bits per heavy atom. The van der Waals surface area contributed by atoms with Gasteiger partial charge in [0.05, 0.1) is 12.3 Å². The highest BCUT2D eigenvalue weighted by molar-refractivity contribution is 5.90.